The van der Waals surface area contributed by atoms with Gasteiger partial charge < -0.3 is 42.6 Å². The van der Waals surface area contributed by atoms with E-state index in [4.69, 9.17) is 42.6 Å². The molecule has 46 heavy (non-hydrogen) atoms. The summed E-state index contributed by atoms with van der Waals surface area (Å²) in [6.45, 7) is 8.68. The van der Waals surface area contributed by atoms with Crippen LogP contribution in [0.3, 0.4) is 0 Å². The van der Waals surface area contributed by atoms with E-state index in [9.17, 15) is 0 Å². The van der Waals surface area contributed by atoms with Crippen LogP contribution in [0, 0.1) is 0 Å². The molecule has 0 spiro atoms. The van der Waals surface area contributed by atoms with Crippen LogP contribution >= 0.6 is 0 Å². The highest BCUT2D eigenvalue weighted by molar-refractivity contribution is 7.15. The van der Waals surface area contributed by atoms with Gasteiger partial charge in [-0.1, -0.05) is 11.1 Å². The number of hydrogen-bond acceptors (Lipinski definition) is 9. The first-order chi connectivity index (χ1) is 22.1. The highest BCUT2D eigenvalue weighted by Crippen LogP contribution is 2.53. The summed E-state index contributed by atoms with van der Waals surface area (Å²) < 4.78 is 55.7. The molecule has 0 aliphatic heterocycles. The summed E-state index contributed by atoms with van der Waals surface area (Å²) in [5.41, 5.74) is 4.50. The number of benzene rings is 3. The Bertz CT molecular complexity index is 1500. The van der Waals surface area contributed by atoms with Gasteiger partial charge >= 0.3 is 0 Å². The largest absolute Gasteiger partial charge is 0.497 e. The van der Waals surface area contributed by atoms with Crippen LogP contribution in [-0.2, 0) is 0 Å². The van der Waals surface area contributed by atoms with Gasteiger partial charge in [-0.05, 0) is 75.2 Å². The maximum Gasteiger partial charge on any atom is 0.188 e. The SMILES string of the molecule is COc1ccc(OC)c([Si](c2c(OC)ccc(OC)c2OC)(c2c(OC)ccc(OC)c2OC)C2C(C)=C(C)C(C)=C2C)c1OC. The Kier molecular flexibility index (Phi) is 10.4. The van der Waals surface area contributed by atoms with E-state index in [0.717, 1.165) is 15.6 Å². The zero-order valence-corrected chi connectivity index (χ0v) is 30.2. The van der Waals surface area contributed by atoms with Crippen LogP contribution in [0.25, 0.3) is 0 Å². The Morgan fingerprint density at radius 1 is 0.370 bits per heavy atom. The van der Waals surface area contributed by atoms with E-state index in [-0.39, 0.29) is 5.54 Å². The molecule has 0 N–H and O–H groups in total. The van der Waals surface area contributed by atoms with Gasteiger partial charge in [-0.2, -0.15) is 0 Å². The summed E-state index contributed by atoms with van der Waals surface area (Å²) >= 11 is 0. The highest BCUT2D eigenvalue weighted by Gasteiger charge is 2.60. The smallest absolute Gasteiger partial charge is 0.188 e. The lowest BCUT2D eigenvalue weighted by molar-refractivity contribution is 0.349. The van der Waals surface area contributed by atoms with Crippen LogP contribution < -0.4 is 58.2 Å². The second kappa shape index (κ2) is 13.9. The molecule has 0 heterocycles. The molecule has 0 atom stereocenters. The molecule has 248 valence electrons. The molecule has 0 aromatic heterocycles. The minimum Gasteiger partial charge on any atom is -0.497 e. The van der Waals surface area contributed by atoms with Gasteiger partial charge in [0.2, 0.25) is 0 Å². The average Bonchev–Trinajstić information content (AvgIpc) is 3.29. The topological polar surface area (TPSA) is 83.1 Å². The maximum atomic E-state index is 6.32. The van der Waals surface area contributed by atoms with Crippen molar-refractivity contribution < 1.29 is 42.6 Å². The number of methoxy groups -OCH3 is 9. The summed E-state index contributed by atoms with van der Waals surface area (Å²) in [5.74, 6) is 4.90. The first-order valence-corrected chi connectivity index (χ1v) is 16.9. The summed E-state index contributed by atoms with van der Waals surface area (Å²) in [5, 5.41) is 2.33. The first kappa shape index (κ1) is 34.4. The highest BCUT2D eigenvalue weighted by atomic mass is 28.3. The third-order valence-electron chi connectivity index (χ3n) is 9.41. The minimum atomic E-state index is -3.84. The lowest BCUT2D eigenvalue weighted by atomic mass is 10.1. The Labute approximate surface area is 273 Å². The van der Waals surface area contributed by atoms with Crippen molar-refractivity contribution in [2.45, 2.75) is 33.2 Å². The number of allylic oxidation sites excluding steroid dienone is 4. The van der Waals surface area contributed by atoms with Gasteiger partial charge in [-0.3, -0.25) is 0 Å². The fourth-order valence-corrected chi connectivity index (χ4v) is 14.0. The monoisotopic (exact) mass is 650 g/mol. The predicted molar refractivity (Wildman–Crippen MR) is 183 cm³/mol. The van der Waals surface area contributed by atoms with E-state index < -0.39 is 8.07 Å². The fraction of sp³-hybridized carbons (Fsp3) is 0.389. The van der Waals surface area contributed by atoms with Gasteiger partial charge in [0, 0.05) is 21.1 Å². The summed E-state index contributed by atoms with van der Waals surface area (Å²) in [7, 11) is 10.9. The number of rotatable bonds is 13. The quantitative estimate of drug-likeness (QED) is 0.181. The lowest BCUT2D eigenvalue weighted by Gasteiger charge is -2.44. The Morgan fingerprint density at radius 2 is 0.609 bits per heavy atom. The molecule has 1 aliphatic rings. The average molecular weight is 651 g/mol. The van der Waals surface area contributed by atoms with Crippen LogP contribution in [-0.4, -0.2) is 72.1 Å². The van der Waals surface area contributed by atoms with Crippen LogP contribution in [0.2, 0.25) is 5.54 Å². The minimum absolute atomic E-state index is 0.243. The Hall–Kier alpha value is -4.44. The molecule has 0 bridgehead atoms. The van der Waals surface area contributed by atoms with E-state index in [1.807, 2.05) is 36.4 Å². The lowest BCUT2D eigenvalue weighted by Crippen LogP contribution is -2.71. The summed E-state index contributed by atoms with van der Waals surface area (Å²) in [6.07, 6.45) is 0. The van der Waals surface area contributed by atoms with Gasteiger partial charge in [-0.25, -0.2) is 0 Å². The van der Waals surface area contributed by atoms with Crippen molar-refractivity contribution in [3.05, 3.63) is 58.7 Å². The van der Waals surface area contributed by atoms with Gasteiger partial charge in [0.1, 0.15) is 17.2 Å². The molecule has 0 saturated heterocycles. The molecular weight excluding hydrogens is 604 g/mol. The van der Waals surface area contributed by atoms with Gasteiger partial charge in [-0.15, -0.1) is 0 Å². The molecule has 3 aromatic rings. The van der Waals surface area contributed by atoms with E-state index in [1.165, 1.54) is 22.3 Å². The number of ether oxygens (including phenoxy) is 9. The fourth-order valence-electron chi connectivity index (χ4n) is 7.16. The van der Waals surface area contributed by atoms with Gasteiger partial charge in [0.15, 0.2) is 42.6 Å². The summed E-state index contributed by atoms with van der Waals surface area (Å²) in [6, 6.07) is 11.3. The molecule has 0 radical (unpaired) electrons. The van der Waals surface area contributed by atoms with Crippen LogP contribution in [0.5, 0.6) is 51.7 Å². The molecule has 0 amide bonds. The molecule has 9 nitrogen and oxygen atoms in total. The van der Waals surface area contributed by atoms with Crippen molar-refractivity contribution in [3.8, 4) is 51.7 Å². The molecule has 0 unspecified atom stereocenters. The zero-order chi connectivity index (χ0) is 33.9. The van der Waals surface area contributed by atoms with E-state index >= 15 is 0 Å². The van der Waals surface area contributed by atoms with E-state index in [1.54, 1.807) is 64.0 Å². The standard InChI is InChI=1S/C36H46O9Si/c1-20-21(2)23(4)33(22(20)3)46(34-27(40-8)17-14-24(37-5)30(34)43-11,35-28(41-9)18-15-25(38-6)31(35)44-12)36-29(42-10)19-16-26(39-7)32(36)45-13/h14-19,33H,1-13H3. The maximum absolute atomic E-state index is 6.32. The van der Waals surface area contributed by atoms with Gasteiger partial charge in [0.05, 0.1) is 64.0 Å². The number of hydrogen-bond donors (Lipinski definition) is 0. The molecule has 3 aromatic carbocycles. The molecule has 4 rings (SSSR count). The normalized spacial score (nSPS) is 13.5. The molecular formula is C36H46O9Si. The third kappa shape index (κ3) is 4.99. The molecule has 0 saturated carbocycles. The predicted octanol–water partition coefficient (Wildman–Crippen LogP) is 5.29. The van der Waals surface area contributed by atoms with Crippen LogP contribution in [0.4, 0.5) is 0 Å². The Balaban J connectivity index is 2.60. The van der Waals surface area contributed by atoms with Crippen molar-refractivity contribution in [2.75, 3.05) is 64.0 Å². The van der Waals surface area contributed by atoms with E-state index in [0.29, 0.717) is 51.7 Å². The first-order valence-electron chi connectivity index (χ1n) is 14.9. The summed E-state index contributed by atoms with van der Waals surface area (Å²) in [4.78, 5) is 0. The van der Waals surface area contributed by atoms with Crippen LogP contribution in [0.1, 0.15) is 27.7 Å². The van der Waals surface area contributed by atoms with Crippen molar-refractivity contribution in [2.24, 2.45) is 0 Å². The molecule has 0 fully saturated rings. The Morgan fingerprint density at radius 3 is 0.826 bits per heavy atom. The van der Waals surface area contributed by atoms with E-state index in [2.05, 4.69) is 27.7 Å². The van der Waals surface area contributed by atoms with Gasteiger partial charge in [0.25, 0.3) is 0 Å². The zero-order valence-electron chi connectivity index (χ0n) is 29.2. The van der Waals surface area contributed by atoms with Crippen molar-refractivity contribution in [3.63, 3.8) is 0 Å². The third-order valence-corrected chi connectivity index (χ3v) is 14.9. The second-order valence-corrected chi connectivity index (χ2v) is 14.7. The second-order valence-electron chi connectivity index (χ2n) is 11.0. The van der Waals surface area contributed by atoms with Crippen molar-refractivity contribution >= 4 is 23.6 Å². The molecule has 1 aliphatic carbocycles. The van der Waals surface area contributed by atoms with Crippen molar-refractivity contribution in [1.82, 2.24) is 0 Å². The molecule has 10 heteroatoms. The van der Waals surface area contributed by atoms with Crippen molar-refractivity contribution in [1.29, 1.82) is 0 Å². The van der Waals surface area contributed by atoms with Crippen LogP contribution in [0.15, 0.2) is 58.7 Å².